The van der Waals surface area contributed by atoms with Gasteiger partial charge in [-0.05, 0) is 24.3 Å². The Morgan fingerprint density at radius 3 is 3.07 bits per heavy atom. The first-order valence-corrected chi connectivity index (χ1v) is 5.57. The van der Waals surface area contributed by atoms with Gasteiger partial charge in [-0.2, -0.15) is 0 Å². The van der Waals surface area contributed by atoms with Gasteiger partial charge in [0.05, 0.1) is 0 Å². The molecule has 1 N–H and O–H groups in total. The summed E-state index contributed by atoms with van der Waals surface area (Å²) in [5, 5.41) is 3.37. The molecule has 1 unspecified atom stereocenters. The summed E-state index contributed by atoms with van der Waals surface area (Å²) in [4.78, 5) is 3.24. The Labute approximate surface area is 89.5 Å². The number of hydrogen-bond donors (Lipinski definition) is 1. The minimum atomic E-state index is 0.240. The van der Waals surface area contributed by atoms with E-state index in [-0.39, 0.29) is 5.41 Å². The summed E-state index contributed by atoms with van der Waals surface area (Å²) in [5.74, 6) is 0. The number of aromatic amines is 1. The molecule has 2 rings (SSSR count). The van der Waals surface area contributed by atoms with E-state index in [9.17, 15) is 0 Å². The minimum absolute atomic E-state index is 0.240. The van der Waals surface area contributed by atoms with E-state index < -0.39 is 0 Å². The Balaban J connectivity index is 2.52. The third kappa shape index (κ3) is 1.61. The van der Waals surface area contributed by atoms with Gasteiger partial charge in [-0.15, -0.1) is 0 Å². The van der Waals surface area contributed by atoms with E-state index in [0.29, 0.717) is 0 Å². The predicted molar refractivity (Wildman–Crippen MR) is 61.4 cm³/mol. The van der Waals surface area contributed by atoms with E-state index >= 15 is 0 Å². The van der Waals surface area contributed by atoms with Crippen molar-refractivity contribution in [3.8, 4) is 0 Å². The normalized spacial score (nSPS) is 25.8. The SMILES string of the molecule is CCCC1(C)C=c2[nH]ccc2=C(Cl)C1. The van der Waals surface area contributed by atoms with Gasteiger partial charge in [0.1, 0.15) is 0 Å². The van der Waals surface area contributed by atoms with Crippen molar-refractivity contribution in [1.29, 1.82) is 0 Å². The molecule has 0 saturated heterocycles. The van der Waals surface area contributed by atoms with Crippen LogP contribution in [-0.2, 0) is 0 Å². The van der Waals surface area contributed by atoms with Crippen LogP contribution in [0.25, 0.3) is 11.1 Å². The highest BCUT2D eigenvalue weighted by molar-refractivity contribution is 6.45. The molecule has 0 aromatic carbocycles. The van der Waals surface area contributed by atoms with Crippen molar-refractivity contribution >= 4 is 22.7 Å². The Morgan fingerprint density at radius 2 is 2.36 bits per heavy atom. The van der Waals surface area contributed by atoms with E-state index in [1.807, 2.05) is 6.20 Å². The molecular weight excluding hydrogens is 194 g/mol. The quantitative estimate of drug-likeness (QED) is 0.770. The molecule has 1 nitrogen and oxygen atoms in total. The third-order valence-corrected chi connectivity index (χ3v) is 3.28. The molecule has 0 radical (unpaired) electrons. The third-order valence-electron chi connectivity index (χ3n) is 2.94. The molecule has 1 atom stereocenters. The number of halogens is 1. The van der Waals surface area contributed by atoms with Crippen molar-refractivity contribution in [3.05, 3.63) is 22.8 Å². The van der Waals surface area contributed by atoms with Gasteiger partial charge in [0, 0.05) is 21.8 Å². The van der Waals surface area contributed by atoms with Crippen LogP contribution in [0.5, 0.6) is 0 Å². The van der Waals surface area contributed by atoms with Crippen molar-refractivity contribution in [3.63, 3.8) is 0 Å². The lowest BCUT2D eigenvalue weighted by molar-refractivity contribution is 0.425. The van der Waals surface area contributed by atoms with Crippen LogP contribution in [-0.4, -0.2) is 4.98 Å². The van der Waals surface area contributed by atoms with E-state index in [2.05, 4.69) is 31.0 Å². The van der Waals surface area contributed by atoms with Crippen LogP contribution in [0.4, 0.5) is 0 Å². The number of rotatable bonds is 2. The zero-order valence-corrected chi connectivity index (χ0v) is 9.49. The number of H-pyrrole nitrogens is 1. The maximum absolute atomic E-state index is 6.29. The molecule has 76 valence electrons. The van der Waals surface area contributed by atoms with E-state index in [4.69, 9.17) is 11.6 Å². The first-order chi connectivity index (χ1) is 6.64. The molecule has 1 aliphatic rings. The number of fused-ring (bicyclic) bond motifs is 1. The van der Waals surface area contributed by atoms with E-state index in [1.165, 1.54) is 23.4 Å². The zero-order valence-electron chi connectivity index (χ0n) is 8.73. The van der Waals surface area contributed by atoms with E-state index in [1.54, 1.807) is 0 Å². The maximum atomic E-state index is 6.29. The van der Waals surface area contributed by atoms with Gasteiger partial charge in [-0.1, -0.05) is 37.9 Å². The van der Waals surface area contributed by atoms with Crippen LogP contribution in [0.2, 0.25) is 0 Å². The zero-order chi connectivity index (χ0) is 10.2. The molecule has 0 saturated carbocycles. The standard InChI is InChI=1S/C12H16ClN/c1-3-5-12(2)7-10(13)9-4-6-14-11(9)8-12/h4,6,8,14H,3,5,7H2,1-2H3. The molecule has 0 fully saturated rings. The minimum Gasteiger partial charge on any atom is -0.361 e. The molecule has 1 aromatic rings. The van der Waals surface area contributed by atoms with Crippen LogP contribution >= 0.6 is 11.6 Å². The van der Waals surface area contributed by atoms with Gasteiger partial charge >= 0.3 is 0 Å². The Hall–Kier alpha value is -0.690. The summed E-state index contributed by atoms with van der Waals surface area (Å²) < 4.78 is 0. The highest BCUT2D eigenvalue weighted by atomic mass is 35.5. The maximum Gasteiger partial charge on any atom is 0.0430 e. The molecule has 0 spiro atoms. The highest BCUT2D eigenvalue weighted by Crippen LogP contribution is 2.35. The average molecular weight is 210 g/mol. The van der Waals surface area contributed by atoms with Crippen LogP contribution in [0.3, 0.4) is 0 Å². The Bertz CT molecular complexity index is 443. The monoisotopic (exact) mass is 209 g/mol. The molecule has 1 heterocycles. The van der Waals surface area contributed by atoms with Crippen molar-refractivity contribution in [2.45, 2.75) is 33.1 Å². The van der Waals surface area contributed by atoms with Crippen molar-refractivity contribution in [2.75, 3.05) is 0 Å². The smallest absolute Gasteiger partial charge is 0.0430 e. The second-order valence-corrected chi connectivity index (χ2v) is 4.89. The fraction of sp³-hybridized carbons (Fsp3) is 0.500. The van der Waals surface area contributed by atoms with Gasteiger partial charge in [0.2, 0.25) is 0 Å². The first kappa shape index (κ1) is 9.85. The van der Waals surface area contributed by atoms with Crippen LogP contribution in [0, 0.1) is 5.41 Å². The molecule has 2 heteroatoms. The largest absolute Gasteiger partial charge is 0.361 e. The second-order valence-electron chi connectivity index (χ2n) is 4.44. The lowest BCUT2D eigenvalue weighted by Gasteiger charge is -2.27. The fourth-order valence-electron chi connectivity index (χ4n) is 2.32. The molecule has 0 bridgehead atoms. The van der Waals surface area contributed by atoms with E-state index in [0.717, 1.165) is 11.5 Å². The molecule has 1 aromatic heterocycles. The molecule has 1 aliphatic carbocycles. The summed E-state index contributed by atoms with van der Waals surface area (Å²) in [6.45, 7) is 4.50. The summed E-state index contributed by atoms with van der Waals surface area (Å²) in [7, 11) is 0. The van der Waals surface area contributed by atoms with Gasteiger partial charge < -0.3 is 4.98 Å². The molecular formula is C12H16ClN. The molecule has 0 aliphatic heterocycles. The lowest BCUT2D eigenvalue weighted by Crippen LogP contribution is -2.33. The van der Waals surface area contributed by atoms with Crippen LogP contribution in [0.15, 0.2) is 12.3 Å². The highest BCUT2D eigenvalue weighted by Gasteiger charge is 2.24. The second kappa shape index (κ2) is 3.47. The summed E-state index contributed by atoms with van der Waals surface area (Å²) in [6, 6.07) is 2.06. The fourth-order valence-corrected chi connectivity index (χ4v) is 2.79. The number of aromatic nitrogens is 1. The van der Waals surface area contributed by atoms with Gasteiger partial charge in [0.15, 0.2) is 0 Å². The number of hydrogen-bond acceptors (Lipinski definition) is 0. The first-order valence-electron chi connectivity index (χ1n) is 5.19. The summed E-state index contributed by atoms with van der Waals surface area (Å²) in [6.07, 6.45) is 7.67. The van der Waals surface area contributed by atoms with Gasteiger partial charge in [0.25, 0.3) is 0 Å². The average Bonchev–Trinajstić information content (AvgIpc) is 2.51. The summed E-state index contributed by atoms with van der Waals surface area (Å²) in [5.41, 5.74) is 0.240. The van der Waals surface area contributed by atoms with Crippen molar-refractivity contribution in [2.24, 2.45) is 5.41 Å². The van der Waals surface area contributed by atoms with Crippen LogP contribution in [0.1, 0.15) is 33.1 Å². The predicted octanol–water partition coefficient (Wildman–Crippen LogP) is 2.35. The Morgan fingerprint density at radius 1 is 1.57 bits per heavy atom. The molecule has 14 heavy (non-hydrogen) atoms. The van der Waals surface area contributed by atoms with Crippen molar-refractivity contribution in [1.82, 2.24) is 4.98 Å². The van der Waals surface area contributed by atoms with Crippen LogP contribution < -0.4 is 10.6 Å². The lowest BCUT2D eigenvalue weighted by atomic mass is 9.80. The molecule has 0 amide bonds. The van der Waals surface area contributed by atoms with Gasteiger partial charge in [-0.25, -0.2) is 0 Å². The Kier molecular flexibility index (Phi) is 2.44. The van der Waals surface area contributed by atoms with Gasteiger partial charge in [-0.3, -0.25) is 0 Å². The van der Waals surface area contributed by atoms with Crippen molar-refractivity contribution < 1.29 is 0 Å². The topological polar surface area (TPSA) is 15.8 Å². The summed E-state index contributed by atoms with van der Waals surface area (Å²) >= 11 is 6.29. The number of nitrogens with one attached hydrogen (secondary N) is 1.